The number of aromatic nitrogens is 2. The van der Waals surface area contributed by atoms with Crippen molar-refractivity contribution in [3.63, 3.8) is 0 Å². The van der Waals surface area contributed by atoms with Crippen LogP contribution in [0.4, 0.5) is 5.82 Å². The lowest BCUT2D eigenvalue weighted by atomic mass is 10.1. The number of fused-ring (bicyclic) bond motifs is 1. The van der Waals surface area contributed by atoms with Gasteiger partial charge in [-0.2, -0.15) is 0 Å². The van der Waals surface area contributed by atoms with Crippen molar-refractivity contribution in [2.75, 3.05) is 25.1 Å². The van der Waals surface area contributed by atoms with Crippen LogP contribution in [0.5, 0.6) is 11.6 Å². The summed E-state index contributed by atoms with van der Waals surface area (Å²) in [5.41, 5.74) is 2.71. The Balaban J connectivity index is 1.41. The second-order valence-electron chi connectivity index (χ2n) is 7.99. The van der Waals surface area contributed by atoms with Crippen LogP contribution in [-0.2, 0) is 6.54 Å². The Hall–Kier alpha value is -2.83. The monoisotopic (exact) mass is 396 g/mol. The molecule has 0 radical (unpaired) electrons. The molecule has 1 saturated heterocycles. The highest BCUT2D eigenvalue weighted by atomic mass is 16.5. The highest BCUT2D eigenvalue weighted by Gasteiger charge is 2.32. The minimum atomic E-state index is 0.0948. The molecule has 1 fully saturated rings. The van der Waals surface area contributed by atoms with Crippen molar-refractivity contribution in [1.29, 1.82) is 0 Å². The van der Waals surface area contributed by atoms with Crippen molar-refractivity contribution in [3.8, 4) is 11.6 Å². The summed E-state index contributed by atoms with van der Waals surface area (Å²) in [5.74, 6) is 2.44. The average molecular weight is 396 g/mol. The van der Waals surface area contributed by atoms with E-state index in [-0.39, 0.29) is 18.1 Å². The third-order valence-corrected chi connectivity index (χ3v) is 5.66. The molecule has 0 spiro atoms. The van der Waals surface area contributed by atoms with Crippen LogP contribution in [-0.4, -0.2) is 53.1 Å². The number of hydrogen-bond acceptors (Lipinski definition) is 6. The predicted molar refractivity (Wildman–Crippen MR) is 111 cm³/mol. The fraction of sp³-hybridized carbons (Fsp3) is 0.500. The quantitative estimate of drug-likeness (QED) is 0.773. The number of methoxy groups -OCH3 is 1. The molecule has 4 rings (SSSR count). The molecule has 0 aliphatic carbocycles. The normalized spacial score (nSPS) is 17.1. The lowest BCUT2D eigenvalue weighted by Crippen LogP contribution is -2.39. The summed E-state index contributed by atoms with van der Waals surface area (Å²) >= 11 is 0. The molecule has 2 aliphatic rings. The number of hydrogen-bond donors (Lipinski definition) is 0. The topological polar surface area (TPSA) is 67.8 Å². The van der Waals surface area contributed by atoms with Gasteiger partial charge < -0.3 is 19.3 Å². The number of pyridine rings is 2. The zero-order valence-corrected chi connectivity index (χ0v) is 17.5. The molecule has 154 valence electrons. The van der Waals surface area contributed by atoms with Gasteiger partial charge >= 0.3 is 0 Å². The fourth-order valence-corrected chi connectivity index (χ4v) is 4.01. The van der Waals surface area contributed by atoms with E-state index in [0.717, 1.165) is 54.3 Å². The third kappa shape index (κ3) is 3.86. The highest BCUT2D eigenvalue weighted by molar-refractivity contribution is 5.98. The van der Waals surface area contributed by atoms with Crippen LogP contribution < -0.4 is 14.4 Å². The lowest BCUT2D eigenvalue weighted by Gasteiger charge is -2.33. The molecule has 7 heteroatoms. The minimum absolute atomic E-state index is 0.0948. The Morgan fingerprint density at radius 2 is 1.97 bits per heavy atom. The van der Waals surface area contributed by atoms with Crippen LogP contribution in [0.3, 0.4) is 0 Å². The molecule has 0 atom stereocenters. The van der Waals surface area contributed by atoms with Gasteiger partial charge in [0.15, 0.2) is 0 Å². The summed E-state index contributed by atoms with van der Waals surface area (Å²) in [7, 11) is 1.60. The maximum atomic E-state index is 12.6. The summed E-state index contributed by atoms with van der Waals surface area (Å²) in [6.07, 6.45) is 3.70. The first-order valence-electron chi connectivity index (χ1n) is 10.2. The van der Waals surface area contributed by atoms with E-state index in [1.54, 1.807) is 13.3 Å². The number of carbonyl (C=O) groups excluding carboxylic acids is 1. The summed E-state index contributed by atoms with van der Waals surface area (Å²) in [6.45, 7) is 8.48. The average Bonchev–Trinajstić information content (AvgIpc) is 3.05. The van der Waals surface area contributed by atoms with Crippen LogP contribution in [0.2, 0.25) is 0 Å². The SMILES string of the molecule is COc1ccc(OC2CCN(c3nc4c(cc3C)C(=O)N(C(C)C)C4)CC2)cn1. The molecule has 0 aromatic carbocycles. The van der Waals surface area contributed by atoms with E-state index in [2.05, 4.69) is 9.88 Å². The van der Waals surface area contributed by atoms with Gasteiger partial charge in [-0.1, -0.05) is 0 Å². The van der Waals surface area contributed by atoms with E-state index in [1.165, 1.54) is 0 Å². The number of anilines is 1. The first-order valence-corrected chi connectivity index (χ1v) is 10.2. The molecule has 0 N–H and O–H groups in total. The predicted octanol–water partition coefficient (Wildman–Crippen LogP) is 3.21. The number of rotatable bonds is 5. The number of ether oxygens (including phenoxy) is 2. The molecule has 4 heterocycles. The summed E-state index contributed by atoms with van der Waals surface area (Å²) in [6, 6.07) is 5.89. The number of carbonyl (C=O) groups is 1. The van der Waals surface area contributed by atoms with Crippen LogP contribution in [0.25, 0.3) is 0 Å². The lowest BCUT2D eigenvalue weighted by molar-refractivity contribution is 0.0730. The smallest absolute Gasteiger partial charge is 0.256 e. The van der Waals surface area contributed by atoms with Crippen LogP contribution >= 0.6 is 0 Å². The Morgan fingerprint density at radius 3 is 2.59 bits per heavy atom. The number of aryl methyl sites for hydroxylation is 1. The first-order chi connectivity index (χ1) is 14.0. The van der Waals surface area contributed by atoms with E-state index >= 15 is 0 Å². The number of amides is 1. The molecular formula is C22H28N4O3. The Bertz CT molecular complexity index is 890. The molecular weight excluding hydrogens is 368 g/mol. The van der Waals surface area contributed by atoms with Gasteiger partial charge in [-0.3, -0.25) is 4.79 Å². The standard InChI is InChI=1S/C22H28N4O3/c1-14(2)26-13-19-18(22(26)27)11-15(3)21(24-19)25-9-7-16(8-10-25)29-17-5-6-20(28-4)23-12-17/h5-6,11-12,14,16H,7-10,13H2,1-4H3. The van der Waals surface area contributed by atoms with Crippen LogP contribution in [0.1, 0.15) is 48.3 Å². The minimum Gasteiger partial charge on any atom is -0.489 e. The molecule has 2 aromatic rings. The maximum Gasteiger partial charge on any atom is 0.256 e. The Kier molecular flexibility index (Phi) is 5.30. The second kappa shape index (κ2) is 7.89. The summed E-state index contributed by atoms with van der Waals surface area (Å²) < 4.78 is 11.2. The van der Waals surface area contributed by atoms with Gasteiger partial charge in [-0.05, 0) is 38.5 Å². The molecule has 0 bridgehead atoms. The van der Waals surface area contributed by atoms with E-state index in [0.29, 0.717) is 12.4 Å². The van der Waals surface area contributed by atoms with Crippen molar-refractivity contribution in [2.24, 2.45) is 0 Å². The van der Waals surface area contributed by atoms with Crippen LogP contribution in [0.15, 0.2) is 24.4 Å². The summed E-state index contributed by atoms with van der Waals surface area (Å²) in [4.78, 5) is 25.8. The zero-order valence-electron chi connectivity index (χ0n) is 17.5. The van der Waals surface area contributed by atoms with Gasteiger partial charge in [0.05, 0.1) is 31.1 Å². The van der Waals surface area contributed by atoms with E-state index in [9.17, 15) is 4.79 Å². The molecule has 0 unspecified atom stereocenters. The van der Waals surface area contributed by atoms with E-state index in [1.807, 2.05) is 43.9 Å². The van der Waals surface area contributed by atoms with Crippen LogP contribution in [0, 0.1) is 6.92 Å². The van der Waals surface area contributed by atoms with E-state index < -0.39 is 0 Å². The Labute approximate surface area is 171 Å². The van der Waals surface area contributed by atoms with Crippen molar-refractivity contribution < 1.29 is 14.3 Å². The highest BCUT2D eigenvalue weighted by Crippen LogP contribution is 2.30. The van der Waals surface area contributed by atoms with Gasteiger partial charge in [0.1, 0.15) is 17.7 Å². The Morgan fingerprint density at radius 1 is 1.21 bits per heavy atom. The first kappa shape index (κ1) is 19.5. The molecule has 1 amide bonds. The third-order valence-electron chi connectivity index (χ3n) is 5.66. The van der Waals surface area contributed by atoms with Crippen molar-refractivity contribution in [2.45, 2.75) is 52.3 Å². The number of nitrogens with zero attached hydrogens (tertiary/aromatic N) is 4. The number of piperidine rings is 1. The zero-order chi connectivity index (χ0) is 20.5. The summed E-state index contributed by atoms with van der Waals surface area (Å²) in [5, 5.41) is 0. The van der Waals surface area contributed by atoms with Gasteiger partial charge in [0.25, 0.3) is 5.91 Å². The fourth-order valence-electron chi connectivity index (χ4n) is 4.01. The largest absolute Gasteiger partial charge is 0.489 e. The molecule has 2 aromatic heterocycles. The van der Waals surface area contributed by atoms with Crippen molar-refractivity contribution in [1.82, 2.24) is 14.9 Å². The van der Waals surface area contributed by atoms with Crippen molar-refractivity contribution >= 4 is 11.7 Å². The van der Waals surface area contributed by atoms with E-state index in [4.69, 9.17) is 14.5 Å². The van der Waals surface area contributed by atoms with Crippen molar-refractivity contribution in [3.05, 3.63) is 41.2 Å². The molecule has 2 aliphatic heterocycles. The van der Waals surface area contributed by atoms with Gasteiger partial charge in [-0.15, -0.1) is 0 Å². The van der Waals surface area contributed by atoms with Gasteiger partial charge in [0.2, 0.25) is 5.88 Å². The van der Waals surface area contributed by atoms with Gasteiger partial charge in [-0.25, -0.2) is 9.97 Å². The molecule has 0 saturated carbocycles. The molecule has 29 heavy (non-hydrogen) atoms. The molecule has 7 nitrogen and oxygen atoms in total. The second-order valence-corrected chi connectivity index (χ2v) is 7.99. The maximum absolute atomic E-state index is 12.6. The van der Waals surface area contributed by atoms with Gasteiger partial charge in [0, 0.05) is 38.0 Å².